The molecule has 1 heterocycles. The van der Waals surface area contributed by atoms with Crippen LogP contribution >= 0.6 is 0 Å². The van der Waals surface area contributed by atoms with E-state index in [1.807, 2.05) is 13.8 Å². The molecule has 0 aromatic carbocycles. The van der Waals surface area contributed by atoms with Crippen LogP contribution in [0.4, 0.5) is 0 Å². The molecule has 4 nitrogen and oxygen atoms in total. The van der Waals surface area contributed by atoms with Crippen LogP contribution in [0.3, 0.4) is 0 Å². The molecule has 2 aliphatic rings. The van der Waals surface area contributed by atoms with Gasteiger partial charge in [0, 0.05) is 18.6 Å². The molecule has 0 aromatic heterocycles. The van der Waals surface area contributed by atoms with Crippen molar-refractivity contribution >= 4 is 5.97 Å². The summed E-state index contributed by atoms with van der Waals surface area (Å²) < 4.78 is 5.25. The molecule has 104 valence electrons. The van der Waals surface area contributed by atoms with Crippen molar-refractivity contribution in [2.75, 3.05) is 13.6 Å². The van der Waals surface area contributed by atoms with Gasteiger partial charge in [-0.2, -0.15) is 0 Å². The molecular weight excluding hydrogens is 228 g/mol. The van der Waals surface area contributed by atoms with Gasteiger partial charge in [0.05, 0.1) is 6.10 Å². The van der Waals surface area contributed by atoms with Crippen LogP contribution in [0.25, 0.3) is 0 Å². The van der Waals surface area contributed by atoms with E-state index in [1.54, 1.807) is 0 Å². The second-order valence-electron chi connectivity index (χ2n) is 6.00. The number of nitrogens with zero attached hydrogens (tertiary/aromatic N) is 1. The summed E-state index contributed by atoms with van der Waals surface area (Å²) in [4.78, 5) is 14.2. The van der Waals surface area contributed by atoms with Crippen LogP contribution < -0.4 is 5.32 Å². The van der Waals surface area contributed by atoms with Crippen molar-refractivity contribution in [2.24, 2.45) is 0 Å². The fraction of sp³-hybridized carbons (Fsp3) is 0.929. The Morgan fingerprint density at radius 3 is 2.61 bits per heavy atom. The Morgan fingerprint density at radius 1 is 1.33 bits per heavy atom. The van der Waals surface area contributed by atoms with Crippen molar-refractivity contribution in [1.29, 1.82) is 0 Å². The van der Waals surface area contributed by atoms with E-state index in [1.165, 1.54) is 19.3 Å². The summed E-state index contributed by atoms with van der Waals surface area (Å²) in [5, 5.41) is 3.41. The predicted octanol–water partition coefficient (Wildman–Crippen LogP) is 1.54. The van der Waals surface area contributed by atoms with Gasteiger partial charge < -0.3 is 15.0 Å². The summed E-state index contributed by atoms with van der Waals surface area (Å²) in [7, 11) is 2.20. The first-order valence-electron chi connectivity index (χ1n) is 7.23. The van der Waals surface area contributed by atoms with E-state index in [0.29, 0.717) is 6.04 Å². The average Bonchev–Trinajstić information content (AvgIpc) is 2.62. The zero-order chi connectivity index (χ0) is 13.1. The largest absolute Gasteiger partial charge is 0.462 e. The molecule has 4 heteroatoms. The van der Waals surface area contributed by atoms with Crippen molar-refractivity contribution in [2.45, 2.75) is 70.2 Å². The number of nitrogens with one attached hydrogen (secondary N) is 1. The number of carbonyl (C=O) groups is 1. The molecule has 2 atom stereocenters. The second-order valence-corrected chi connectivity index (χ2v) is 6.00. The maximum Gasteiger partial charge on any atom is 0.323 e. The molecule has 2 fully saturated rings. The standard InChI is InChI=1S/C14H26N2O2/c1-10(2)18-14(17)13-8-7-11(15-13)9-16(3)12-5-4-6-12/h10-13,15H,4-9H2,1-3H3. The Hall–Kier alpha value is -0.610. The maximum absolute atomic E-state index is 11.8. The third-order valence-corrected chi connectivity index (χ3v) is 4.08. The monoisotopic (exact) mass is 254 g/mol. The lowest BCUT2D eigenvalue weighted by Gasteiger charge is -2.36. The van der Waals surface area contributed by atoms with Gasteiger partial charge in [-0.25, -0.2) is 0 Å². The lowest BCUT2D eigenvalue weighted by atomic mass is 9.91. The molecule has 0 radical (unpaired) electrons. The molecule has 0 spiro atoms. The third-order valence-electron chi connectivity index (χ3n) is 4.08. The lowest BCUT2D eigenvalue weighted by Crippen LogP contribution is -2.46. The fourth-order valence-electron chi connectivity index (χ4n) is 2.79. The van der Waals surface area contributed by atoms with Crippen LogP contribution in [0.2, 0.25) is 0 Å². The van der Waals surface area contributed by atoms with Gasteiger partial charge in [0.1, 0.15) is 6.04 Å². The Labute approximate surface area is 110 Å². The van der Waals surface area contributed by atoms with Crippen molar-refractivity contribution in [3.63, 3.8) is 0 Å². The number of carbonyl (C=O) groups excluding carboxylic acids is 1. The van der Waals surface area contributed by atoms with Gasteiger partial charge in [0.25, 0.3) is 0 Å². The number of esters is 1. The van der Waals surface area contributed by atoms with Crippen molar-refractivity contribution in [1.82, 2.24) is 10.2 Å². The van der Waals surface area contributed by atoms with Crippen molar-refractivity contribution in [3.8, 4) is 0 Å². The number of rotatable bonds is 5. The van der Waals surface area contributed by atoms with Crippen molar-refractivity contribution in [3.05, 3.63) is 0 Å². The summed E-state index contributed by atoms with van der Waals surface area (Å²) in [5.74, 6) is -0.0844. The normalized spacial score (nSPS) is 28.7. The molecule has 1 saturated carbocycles. The van der Waals surface area contributed by atoms with E-state index in [0.717, 1.165) is 25.4 Å². The molecular formula is C14H26N2O2. The highest BCUT2D eigenvalue weighted by molar-refractivity contribution is 5.76. The molecule has 1 aliphatic carbocycles. The third kappa shape index (κ3) is 3.45. The number of likely N-dealkylation sites (N-methyl/N-ethyl adjacent to an activating group) is 1. The first-order chi connectivity index (χ1) is 8.56. The zero-order valence-electron chi connectivity index (χ0n) is 11.8. The maximum atomic E-state index is 11.8. The molecule has 2 rings (SSSR count). The van der Waals surface area contributed by atoms with E-state index in [9.17, 15) is 4.79 Å². The highest BCUT2D eigenvalue weighted by Crippen LogP contribution is 2.25. The van der Waals surface area contributed by atoms with Gasteiger partial charge in [-0.05, 0) is 46.6 Å². The van der Waals surface area contributed by atoms with E-state index >= 15 is 0 Å². The molecule has 1 saturated heterocycles. The number of hydrogen-bond acceptors (Lipinski definition) is 4. The quantitative estimate of drug-likeness (QED) is 0.756. The van der Waals surface area contributed by atoms with Crippen molar-refractivity contribution < 1.29 is 9.53 Å². The van der Waals surface area contributed by atoms with Gasteiger partial charge in [-0.3, -0.25) is 4.79 Å². The molecule has 18 heavy (non-hydrogen) atoms. The van der Waals surface area contributed by atoms with Crippen LogP contribution in [0.1, 0.15) is 46.0 Å². The number of hydrogen-bond donors (Lipinski definition) is 1. The smallest absolute Gasteiger partial charge is 0.323 e. The lowest BCUT2D eigenvalue weighted by molar-refractivity contribution is -0.149. The van der Waals surface area contributed by atoms with Crippen LogP contribution in [0.5, 0.6) is 0 Å². The van der Waals surface area contributed by atoms with E-state index in [2.05, 4.69) is 17.3 Å². The number of ether oxygens (including phenoxy) is 1. The van der Waals surface area contributed by atoms with E-state index in [4.69, 9.17) is 4.74 Å². The second kappa shape index (κ2) is 6.02. The first kappa shape index (κ1) is 13.8. The average molecular weight is 254 g/mol. The SMILES string of the molecule is CC(C)OC(=O)C1CCC(CN(C)C2CCC2)N1. The highest BCUT2D eigenvalue weighted by atomic mass is 16.5. The summed E-state index contributed by atoms with van der Waals surface area (Å²) >= 11 is 0. The van der Waals surface area contributed by atoms with E-state index in [-0.39, 0.29) is 18.1 Å². The van der Waals surface area contributed by atoms with Gasteiger partial charge in [-0.1, -0.05) is 6.42 Å². The van der Waals surface area contributed by atoms with Gasteiger partial charge in [-0.15, -0.1) is 0 Å². The van der Waals surface area contributed by atoms with Gasteiger partial charge in [0.2, 0.25) is 0 Å². The predicted molar refractivity (Wildman–Crippen MR) is 71.4 cm³/mol. The molecule has 0 aromatic rings. The summed E-state index contributed by atoms with van der Waals surface area (Å²) in [5.41, 5.74) is 0. The van der Waals surface area contributed by atoms with E-state index < -0.39 is 0 Å². The summed E-state index contributed by atoms with van der Waals surface area (Å²) in [6.45, 7) is 4.85. The molecule has 1 N–H and O–H groups in total. The minimum atomic E-state index is -0.0906. The Balaban J connectivity index is 1.72. The summed E-state index contributed by atoms with van der Waals surface area (Å²) in [6, 6.07) is 1.13. The fourth-order valence-corrected chi connectivity index (χ4v) is 2.79. The molecule has 0 bridgehead atoms. The van der Waals surface area contributed by atoms with Crippen LogP contribution in [0.15, 0.2) is 0 Å². The molecule has 2 unspecified atom stereocenters. The zero-order valence-corrected chi connectivity index (χ0v) is 11.8. The molecule has 0 amide bonds. The molecule has 1 aliphatic heterocycles. The Morgan fingerprint density at radius 2 is 2.06 bits per heavy atom. The minimum Gasteiger partial charge on any atom is -0.462 e. The Bertz CT molecular complexity index is 290. The first-order valence-corrected chi connectivity index (χ1v) is 7.23. The summed E-state index contributed by atoms with van der Waals surface area (Å²) in [6.07, 6.45) is 6.01. The van der Waals surface area contributed by atoms with Gasteiger partial charge >= 0.3 is 5.97 Å². The highest BCUT2D eigenvalue weighted by Gasteiger charge is 2.32. The Kier molecular flexibility index (Phi) is 4.62. The topological polar surface area (TPSA) is 41.6 Å². The van der Waals surface area contributed by atoms with Crippen LogP contribution in [-0.4, -0.2) is 48.7 Å². The van der Waals surface area contributed by atoms with Crippen LogP contribution in [-0.2, 0) is 9.53 Å². The van der Waals surface area contributed by atoms with Gasteiger partial charge in [0.15, 0.2) is 0 Å². The van der Waals surface area contributed by atoms with Crippen LogP contribution in [0, 0.1) is 0 Å². The minimum absolute atomic E-state index is 0.0176.